The summed E-state index contributed by atoms with van der Waals surface area (Å²) in [5.41, 5.74) is 8.95. The fourth-order valence-corrected chi connectivity index (χ4v) is 3.11. The van der Waals surface area contributed by atoms with Crippen LogP contribution in [0.2, 0.25) is 0 Å². The summed E-state index contributed by atoms with van der Waals surface area (Å²) in [6, 6.07) is 8.14. The van der Waals surface area contributed by atoms with E-state index in [2.05, 4.69) is 39.0 Å². The lowest BCUT2D eigenvalue weighted by Gasteiger charge is -2.09. The van der Waals surface area contributed by atoms with Crippen molar-refractivity contribution in [1.82, 2.24) is 29.1 Å². The van der Waals surface area contributed by atoms with Crippen LogP contribution < -0.4 is 10.5 Å². The van der Waals surface area contributed by atoms with Crippen LogP contribution in [0.3, 0.4) is 0 Å². The van der Waals surface area contributed by atoms with Crippen molar-refractivity contribution in [3.63, 3.8) is 0 Å². The molecule has 0 amide bonds. The molecule has 9 nitrogen and oxygen atoms in total. The molecule has 3 N–H and O–H groups in total. The number of nitrogens with zero attached hydrogens (tertiary/aromatic N) is 6. The first-order valence-corrected chi connectivity index (χ1v) is 9.53. The average Bonchev–Trinajstić information content (AvgIpc) is 3.32. The summed E-state index contributed by atoms with van der Waals surface area (Å²) in [6.07, 6.45) is 7.36. The van der Waals surface area contributed by atoms with Crippen LogP contribution in [0.15, 0.2) is 43.0 Å². The molecule has 1 aromatic carbocycles. The van der Waals surface area contributed by atoms with E-state index in [1.54, 1.807) is 17.1 Å². The molecule has 0 saturated heterocycles. The average molecular weight is 393 g/mol. The summed E-state index contributed by atoms with van der Waals surface area (Å²) in [5.74, 6) is 0.185. The molecule has 0 unspecified atom stereocenters. The van der Waals surface area contributed by atoms with Gasteiger partial charge in [-0.3, -0.25) is 4.57 Å². The van der Waals surface area contributed by atoms with Gasteiger partial charge < -0.3 is 20.1 Å². The topological polar surface area (TPSA) is 117 Å². The first kappa shape index (κ1) is 18.7. The summed E-state index contributed by atoms with van der Waals surface area (Å²) < 4.78 is 9.20. The molecule has 0 saturated carbocycles. The van der Waals surface area contributed by atoms with E-state index >= 15 is 0 Å². The number of fused-ring (bicyclic) bond motifs is 1. The maximum Gasteiger partial charge on any atom is 0.320 e. The summed E-state index contributed by atoms with van der Waals surface area (Å²) >= 11 is 0. The lowest BCUT2D eigenvalue weighted by atomic mass is 10.1. The second-order valence-corrected chi connectivity index (χ2v) is 6.82. The summed E-state index contributed by atoms with van der Waals surface area (Å²) in [5, 5.41) is 10.4. The monoisotopic (exact) mass is 393 g/mol. The van der Waals surface area contributed by atoms with Gasteiger partial charge in [-0.25, -0.2) is 4.98 Å². The van der Waals surface area contributed by atoms with Gasteiger partial charge in [0.2, 0.25) is 0 Å². The molecular weight excluding hydrogens is 370 g/mol. The Labute approximate surface area is 167 Å². The molecular formula is C20H23N7O2. The van der Waals surface area contributed by atoms with Gasteiger partial charge in [-0.1, -0.05) is 37.6 Å². The molecule has 9 heteroatoms. The minimum atomic E-state index is -0.160. The number of nitrogens with two attached hydrogens (primary N) is 1. The SMILES string of the molecule is CCCCOc1nc(N)c2nc(O)n(Cc3cccc(Cn4ccnc4)c3)c2n1. The third-order valence-electron chi connectivity index (χ3n) is 4.57. The summed E-state index contributed by atoms with van der Waals surface area (Å²) in [6.45, 7) is 3.70. The number of ether oxygens (including phenoxy) is 1. The molecule has 150 valence electrons. The molecule has 0 bridgehead atoms. The normalized spacial score (nSPS) is 11.2. The fraction of sp³-hybridized carbons (Fsp3) is 0.300. The molecule has 0 aliphatic carbocycles. The van der Waals surface area contributed by atoms with E-state index in [-0.39, 0.29) is 17.8 Å². The van der Waals surface area contributed by atoms with Crippen molar-refractivity contribution in [3.05, 3.63) is 54.1 Å². The number of nitrogen functional groups attached to an aromatic ring is 1. The van der Waals surface area contributed by atoms with E-state index in [0.717, 1.165) is 30.5 Å². The number of benzene rings is 1. The van der Waals surface area contributed by atoms with E-state index in [9.17, 15) is 5.11 Å². The third-order valence-corrected chi connectivity index (χ3v) is 4.57. The summed E-state index contributed by atoms with van der Waals surface area (Å²) in [4.78, 5) is 16.8. The van der Waals surface area contributed by atoms with E-state index in [0.29, 0.717) is 24.3 Å². The number of aromatic hydroxyl groups is 1. The van der Waals surface area contributed by atoms with E-state index in [1.807, 2.05) is 22.9 Å². The zero-order valence-electron chi connectivity index (χ0n) is 16.2. The minimum absolute atomic E-state index is 0.160. The van der Waals surface area contributed by atoms with Crippen LogP contribution in [-0.2, 0) is 13.1 Å². The molecule has 0 spiro atoms. The van der Waals surface area contributed by atoms with Crippen LogP contribution in [0, 0.1) is 0 Å². The first-order chi connectivity index (χ1) is 14.1. The van der Waals surface area contributed by atoms with Crippen LogP contribution >= 0.6 is 0 Å². The molecule has 29 heavy (non-hydrogen) atoms. The number of unbranched alkanes of at least 4 members (excludes halogenated alkanes) is 1. The van der Waals surface area contributed by atoms with Crippen LogP contribution in [0.25, 0.3) is 11.2 Å². The Morgan fingerprint density at radius 2 is 1.97 bits per heavy atom. The van der Waals surface area contributed by atoms with Crippen LogP contribution in [0.5, 0.6) is 12.0 Å². The highest BCUT2D eigenvalue weighted by Crippen LogP contribution is 2.26. The van der Waals surface area contributed by atoms with Crippen LogP contribution in [0.1, 0.15) is 30.9 Å². The lowest BCUT2D eigenvalue weighted by Crippen LogP contribution is -2.06. The Hall–Kier alpha value is -3.62. The van der Waals surface area contributed by atoms with E-state index in [1.165, 1.54) is 0 Å². The van der Waals surface area contributed by atoms with E-state index in [4.69, 9.17) is 10.5 Å². The number of rotatable bonds is 8. The van der Waals surface area contributed by atoms with Gasteiger partial charge in [0, 0.05) is 18.9 Å². The van der Waals surface area contributed by atoms with Crippen molar-refractivity contribution < 1.29 is 9.84 Å². The van der Waals surface area contributed by atoms with Crippen LogP contribution in [0.4, 0.5) is 5.82 Å². The maximum atomic E-state index is 10.4. The highest BCUT2D eigenvalue weighted by molar-refractivity contribution is 5.83. The first-order valence-electron chi connectivity index (χ1n) is 9.53. The Balaban J connectivity index is 1.62. The van der Waals surface area contributed by atoms with Crippen molar-refractivity contribution in [2.24, 2.45) is 0 Å². The van der Waals surface area contributed by atoms with Crippen molar-refractivity contribution >= 4 is 17.0 Å². The molecule has 0 fully saturated rings. The Morgan fingerprint density at radius 3 is 2.72 bits per heavy atom. The Kier molecular flexibility index (Phi) is 5.28. The predicted molar refractivity (Wildman–Crippen MR) is 109 cm³/mol. The maximum absolute atomic E-state index is 10.4. The number of anilines is 1. The summed E-state index contributed by atoms with van der Waals surface area (Å²) in [7, 11) is 0. The fourth-order valence-electron chi connectivity index (χ4n) is 3.11. The second kappa shape index (κ2) is 8.17. The number of hydrogen-bond acceptors (Lipinski definition) is 7. The van der Waals surface area contributed by atoms with Gasteiger partial charge in [0.1, 0.15) is 0 Å². The molecule has 0 aliphatic heterocycles. The van der Waals surface area contributed by atoms with E-state index < -0.39 is 0 Å². The number of hydrogen-bond donors (Lipinski definition) is 2. The quantitative estimate of drug-likeness (QED) is 0.442. The highest BCUT2D eigenvalue weighted by Gasteiger charge is 2.17. The molecule has 4 rings (SSSR count). The largest absolute Gasteiger partial charge is 0.480 e. The smallest absolute Gasteiger partial charge is 0.320 e. The van der Waals surface area contributed by atoms with Gasteiger partial charge in [-0.2, -0.15) is 15.0 Å². The second-order valence-electron chi connectivity index (χ2n) is 6.82. The molecule has 0 atom stereocenters. The van der Waals surface area contributed by atoms with Crippen molar-refractivity contribution in [2.75, 3.05) is 12.3 Å². The number of imidazole rings is 2. The van der Waals surface area contributed by atoms with Crippen LogP contribution in [-0.4, -0.2) is 40.8 Å². The van der Waals surface area contributed by atoms with Gasteiger partial charge in [0.15, 0.2) is 17.0 Å². The third kappa shape index (κ3) is 4.13. The molecule has 0 radical (unpaired) electrons. The van der Waals surface area contributed by atoms with Gasteiger partial charge in [0.05, 0.1) is 19.5 Å². The molecule has 3 aromatic heterocycles. The minimum Gasteiger partial charge on any atom is -0.480 e. The Bertz CT molecular complexity index is 1110. The van der Waals surface area contributed by atoms with Gasteiger partial charge in [-0.15, -0.1) is 0 Å². The highest BCUT2D eigenvalue weighted by atomic mass is 16.5. The Morgan fingerprint density at radius 1 is 1.14 bits per heavy atom. The molecule has 4 aromatic rings. The number of aromatic nitrogens is 6. The van der Waals surface area contributed by atoms with Crippen molar-refractivity contribution in [3.8, 4) is 12.0 Å². The van der Waals surface area contributed by atoms with Crippen molar-refractivity contribution in [2.45, 2.75) is 32.9 Å². The van der Waals surface area contributed by atoms with Crippen molar-refractivity contribution in [1.29, 1.82) is 0 Å². The van der Waals surface area contributed by atoms with Gasteiger partial charge in [-0.05, 0) is 17.5 Å². The molecule has 3 heterocycles. The molecule has 0 aliphatic rings. The van der Waals surface area contributed by atoms with Gasteiger partial charge in [0.25, 0.3) is 6.01 Å². The standard InChI is InChI=1S/C20H23N7O2/c1-2-3-9-29-19-24-17(21)16-18(25-19)27(20(28)23-16)12-15-6-4-5-14(10-15)11-26-8-7-22-13-26/h4-8,10,13H,2-3,9,11-12H2,1H3,(H,23,28)(H2,21,24,25). The predicted octanol–water partition coefficient (Wildman–Crippen LogP) is 2.59. The van der Waals surface area contributed by atoms with Gasteiger partial charge >= 0.3 is 6.01 Å². The zero-order chi connectivity index (χ0) is 20.2. The lowest BCUT2D eigenvalue weighted by molar-refractivity contribution is 0.286. The zero-order valence-corrected chi connectivity index (χ0v) is 16.2.